The molecule has 29 heteroatoms. The third-order valence-corrected chi connectivity index (χ3v) is 23.8. The number of rotatable bonds is 13. The Morgan fingerprint density at radius 2 is 0.706 bits per heavy atom. The van der Waals surface area contributed by atoms with Gasteiger partial charge in [-0.15, -0.1) is 0 Å². The van der Waals surface area contributed by atoms with Gasteiger partial charge in [0.25, 0.3) is 0 Å². The van der Waals surface area contributed by atoms with Crippen LogP contribution in [0.15, 0.2) is 202 Å². The molecule has 11 aromatic heterocycles. The van der Waals surface area contributed by atoms with Gasteiger partial charge in [0.15, 0.2) is 0 Å². The molecule has 143 heavy (non-hydrogen) atoms. The fourth-order valence-electron chi connectivity index (χ4n) is 16.8. The van der Waals surface area contributed by atoms with E-state index < -0.39 is 45.5 Å². The van der Waals surface area contributed by atoms with Gasteiger partial charge in [-0.25, -0.2) is 0 Å². The molecule has 26 nitrogen and oxygen atoms in total. The van der Waals surface area contributed by atoms with Gasteiger partial charge in [0.1, 0.15) is 45.1 Å². The summed E-state index contributed by atoms with van der Waals surface area (Å²) in [7, 11) is 0. The minimum atomic E-state index is -4.52. The molecule has 2 fully saturated rings. The fraction of sp³-hybridized carbons (Fsp3) is 0.316. The van der Waals surface area contributed by atoms with Crippen molar-refractivity contribution in [3.05, 3.63) is 263 Å². The van der Waals surface area contributed by atoms with Gasteiger partial charge in [0, 0.05) is 256 Å². The molecule has 14 N–H and O–H groups in total. The van der Waals surface area contributed by atoms with E-state index in [0.717, 1.165) is 182 Å². The highest BCUT2D eigenvalue weighted by Gasteiger charge is 2.37. The van der Waals surface area contributed by atoms with Crippen molar-refractivity contribution in [1.82, 2.24) is 84.0 Å². The van der Waals surface area contributed by atoms with Gasteiger partial charge in [0.05, 0.1) is 57.0 Å². The second-order valence-corrected chi connectivity index (χ2v) is 38.9. The number of nitrogens with zero attached hydrogens (tertiary/aromatic N) is 11. The maximum atomic E-state index is 13.3. The molecule has 13 heterocycles. The third kappa shape index (κ3) is 25.9. The summed E-state index contributed by atoms with van der Waals surface area (Å²) in [6.07, 6.45) is 26.0. The molecule has 1 aliphatic carbocycles. The first kappa shape index (κ1) is 102. The van der Waals surface area contributed by atoms with Crippen LogP contribution in [0.2, 0.25) is 0 Å². The third-order valence-electron chi connectivity index (χ3n) is 23.8. The predicted octanol–water partition coefficient (Wildman–Crippen LogP) is 18.9. The standard InChI is InChI=1S/C21H23N3O2.C20H21N3O2.C19H18F3N3O.C19H21N3O.C18H20N4O.C17H16N2O/c1-21(2,25)7-5-15-3-4-20-18(9-15)19(17-10-22-23-11-17)13-24(20)12-16-6-8-26-14-16;1-20(2,24)6-5-14-3-4-19-17(7-14)18(16-8-21-22-9-16)11-23(19)10-15-12-25-13-15;1-4-25-11-15(14-10-23-24-17(14)19(20,21)22)13-9-12(5-6-16(13)25)7-8-18(2,3)26;1-5-22-12-17(16-11-20-21-13(16)2)15-10-14(6-7-18(15)22)8-9-19(3,4)23;1-4-22-11-15(14-10-20-21-17(14)19)13-9-12(5-6-16(13)22)7-8-18(2,3)23;1-17(2,20)8-7-12-3-4-13-5-6-15(16(13)9-12)14-10-18-19-11-14/h3-4,9-11,13,16,25H,6,8,12,14H2,1-2H3,(H,22,23);3-4,7-9,11,15,24H,10,12-13H2,1-2H3,(H,21,22);5-6,9-11,26H,4H2,1-3H3,(H,23,24);6-7,10-12,23H,5H2,1-4H3,(H,20,21);5-6,9-11,23H,4H2,1-3H3,(H3,19,20,21);3-4,6,9-11,20H,5H2,1-2H3,(H,18,19). The van der Waals surface area contributed by atoms with E-state index in [2.05, 4.69) is 244 Å². The summed E-state index contributed by atoms with van der Waals surface area (Å²) in [4.78, 5) is 0. The summed E-state index contributed by atoms with van der Waals surface area (Å²) in [6, 6.07) is 36.2. The molecule has 0 bridgehead atoms. The lowest BCUT2D eigenvalue weighted by atomic mass is 9.99. The summed E-state index contributed by atoms with van der Waals surface area (Å²) in [5.41, 5.74) is 24.4. The zero-order valence-electron chi connectivity index (χ0n) is 83.1. The average Bonchev–Trinajstić information content (AvgIpc) is 1.61. The second kappa shape index (κ2) is 42.6. The number of nitrogens with two attached hydrogens (primary N) is 1. The van der Waals surface area contributed by atoms with Crippen LogP contribution < -0.4 is 5.73 Å². The summed E-state index contributed by atoms with van der Waals surface area (Å²) in [5.74, 6) is 36.8. The molecular weight excluding hydrogens is 1810 g/mol. The first-order valence-corrected chi connectivity index (χ1v) is 47.4. The normalized spacial score (nSPS) is 13.6. The average molecular weight is 1930 g/mol. The first-order valence-electron chi connectivity index (χ1n) is 47.4. The number of allylic oxidation sites excluding steroid dienone is 1. The van der Waals surface area contributed by atoms with Crippen molar-refractivity contribution in [2.24, 2.45) is 11.8 Å². The Bertz CT molecular complexity index is 7720. The fourth-order valence-corrected chi connectivity index (χ4v) is 16.8. The Balaban J connectivity index is 0.000000130. The number of aromatic nitrogens is 17. The first-order chi connectivity index (χ1) is 67.9. The van der Waals surface area contributed by atoms with E-state index in [1.807, 2.05) is 110 Å². The van der Waals surface area contributed by atoms with E-state index in [1.54, 1.807) is 108 Å². The number of hydrogen-bond donors (Lipinski definition) is 13. The summed E-state index contributed by atoms with van der Waals surface area (Å²) >= 11 is 0. The number of nitrogens with one attached hydrogen (secondary N) is 6. The van der Waals surface area contributed by atoms with E-state index in [0.29, 0.717) is 40.7 Å². The monoisotopic (exact) mass is 1920 g/mol. The molecule has 2 aliphatic heterocycles. The molecule has 0 spiro atoms. The molecule has 17 aromatic rings. The maximum absolute atomic E-state index is 13.3. The van der Waals surface area contributed by atoms with Crippen molar-refractivity contribution in [2.75, 3.05) is 32.2 Å². The largest absolute Gasteiger partial charge is 0.433 e. The number of anilines is 1. The number of aryl methyl sites for hydroxylation is 4. The smallest absolute Gasteiger partial charge is 0.384 e. The zero-order valence-corrected chi connectivity index (χ0v) is 83.1. The Hall–Kier alpha value is -15.4. The molecule has 2 saturated heterocycles. The molecule has 3 aliphatic rings. The van der Waals surface area contributed by atoms with Crippen molar-refractivity contribution in [3.63, 3.8) is 0 Å². The van der Waals surface area contributed by atoms with Gasteiger partial charge in [-0.05, 0) is 243 Å². The Morgan fingerprint density at radius 3 is 1.05 bits per heavy atom. The van der Waals surface area contributed by atoms with Crippen LogP contribution in [-0.2, 0) is 54.8 Å². The minimum Gasteiger partial charge on any atom is -0.384 e. The van der Waals surface area contributed by atoms with Crippen LogP contribution in [0.1, 0.15) is 172 Å². The highest BCUT2D eigenvalue weighted by molar-refractivity contribution is 6.02. The van der Waals surface area contributed by atoms with Gasteiger partial charge < -0.3 is 68.7 Å². The number of benzene rings is 6. The van der Waals surface area contributed by atoms with Gasteiger partial charge in [-0.3, -0.25) is 30.6 Å². The van der Waals surface area contributed by atoms with Gasteiger partial charge in [0.2, 0.25) is 0 Å². The maximum Gasteiger partial charge on any atom is 0.433 e. The van der Waals surface area contributed by atoms with Crippen molar-refractivity contribution >= 4 is 65.9 Å². The number of nitrogen functional groups attached to an aromatic ring is 1. The molecule has 734 valence electrons. The van der Waals surface area contributed by atoms with Crippen LogP contribution in [0.3, 0.4) is 0 Å². The lowest BCUT2D eigenvalue weighted by Gasteiger charge is -2.26. The number of alkyl halides is 3. The van der Waals surface area contributed by atoms with Crippen LogP contribution in [0.5, 0.6) is 0 Å². The van der Waals surface area contributed by atoms with Crippen molar-refractivity contribution in [3.8, 4) is 127 Å². The molecule has 1 atom stereocenters. The molecular formula is C114H119F3N18O8. The Morgan fingerprint density at radius 1 is 0.371 bits per heavy atom. The molecule has 20 rings (SSSR count). The molecule has 0 saturated carbocycles. The highest BCUT2D eigenvalue weighted by Crippen LogP contribution is 2.43. The van der Waals surface area contributed by atoms with Crippen LogP contribution in [0, 0.1) is 89.8 Å². The van der Waals surface area contributed by atoms with Crippen molar-refractivity contribution < 1.29 is 53.3 Å². The topological polar surface area (TPSA) is 363 Å². The SMILES string of the molecule is CC(C)(O)C#Cc1ccc2c(c1)C(c1cn[nH]c1)=CC2.CC(C)(O)C#Cc1ccc2c(c1)c(-c1cn[nH]c1)cn2CC1CCOC1.CC(C)(O)C#Cc1ccc2c(c1)c(-c1cn[nH]c1)cn2CC1COC1.CCn1cc(-c2cn[nH]c2C(F)(F)F)c2cc(C#CC(C)(C)O)ccc21.CCn1cc(-c2cn[nH]c2C)c2cc(C#CC(C)(C)O)ccc21.CCn1cc(-c2cn[nH]c2N)c2cc(C#CC(C)(C)O)ccc21. The molecule has 0 radical (unpaired) electrons. The second-order valence-electron chi connectivity index (χ2n) is 38.9. The van der Waals surface area contributed by atoms with E-state index >= 15 is 0 Å². The quantitative estimate of drug-likeness (QED) is 0.0477. The lowest BCUT2D eigenvalue weighted by Crippen LogP contribution is -2.31. The number of halogens is 3. The van der Waals surface area contributed by atoms with E-state index in [-0.39, 0.29) is 5.56 Å². The summed E-state index contributed by atoms with van der Waals surface area (Å²) in [5, 5.41) is 104. The molecule has 6 aromatic carbocycles. The van der Waals surface area contributed by atoms with Gasteiger partial charge >= 0.3 is 6.18 Å². The Kier molecular flexibility index (Phi) is 30.4. The number of hydrogen-bond acceptors (Lipinski definition) is 15. The number of aliphatic hydroxyl groups is 6. The van der Waals surface area contributed by atoms with Gasteiger partial charge in [-0.1, -0.05) is 83.2 Å². The number of fused-ring (bicyclic) bond motifs is 6. The van der Waals surface area contributed by atoms with Crippen LogP contribution in [-0.4, -0.2) is 175 Å². The van der Waals surface area contributed by atoms with Crippen LogP contribution in [0.25, 0.3) is 116 Å². The Labute approximate surface area is 828 Å². The molecule has 0 amide bonds. The van der Waals surface area contributed by atoms with Gasteiger partial charge in [-0.2, -0.15) is 43.8 Å². The van der Waals surface area contributed by atoms with E-state index in [9.17, 15) is 43.8 Å². The minimum absolute atomic E-state index is 0.00213. The summed E-state index contributed by atoms with van der Waals surface area (Å²) in [6.45, 7) is 35.8. The predicted molar refractivity (Wildman–Crippen MR) is 557 cm³/mol. The number of ether oxygens (including phenoxy) is 2. The zero-order chi connectivity index (χ0) is 102. The number of H-pyrrole nitrogens is 6. The van der Waals surface area contributed by atoms with Crippen molar-refractivity contribution in [2.45, 2.75) is 196 Å². The van der Waals surface area contributed by atoms with E-state index in [1.165, 1.54) is 39.4 Å². The van der Waals surface area contributed by atoms with Crippen molar-refractivity contribution in [1.29, 1.82) is 0 Å². The highest BCUT2D eigenvalue weighted by atomic mass is 19.4. The summed E-state index contributed by atoms with van der Waals surface area (Å²) < 4.78 is 61.5. The molecule has 1 unspecified atom stereocenters. The lowest BCUT2D eigenvalue weighted by molar-refractivity contribution is -0.140. The van der Waals surface area contributed by atoms with Crippen LogP contribution >= 0.6 is 0 Å². The van der Waals surface area contributed by atoms with E-state index in [4.69, 9.17) is 15.2 Å². The van der Waals surface area contributed by atoms with Crippen LogP contribution in [0.4, 0.5) is 19.0 Å². The number of aromatic amines is 6.